The molecule has 1 aromatic carbocycles. The average molecular weight is 396 g/mol. The van der Waals surface area contributed by atoms with Crippen LogP contribution in [0, 0.1) is 11.8 Å². The van der Waals surface area contributed by atoms with Gasteiger partial charge in [0.2, 0.25) is 11.8 Å². The summed E-state index contributed by atoms with van der Waals surface area (Å²) in [7, 11) is 0. The number of benzene rings is 1. The van der Waals surface area contributed by atoms with Gasteiger partial charge in [-0.15, -0.1) is 0 Å². The van der Waals surface area contributed by atoms with Crippen LogP contribution < -0.4 is 5.32 Å². The molecule has 0 bridgehead atoms. The number of aromatic amines is 1. The zero-order valence-electron chi connectivity index (χ0n) is 17.5. The van der Waals surface area contributed by atoms with Crippen molar-refractivity contribution in [3.63, 3.8) is 0 Å². The Bertz CT molecular complexity index is 872. The number of amides is 2. The highest BCUT2D eigenvalue weighted by Crippen LogP contribution is 2.34. The molecule has 2 aromatic rings. The molecule has 4 rings (SSSR count). The van der Waals surface area contributed by atoms with Crippen LogP contribution in [0.3, 0.4) is 0 Å². The minimum Gasteiger partial charge on any atom is -0.357 e. The molecule has 2 unspecified atom stereocenters. The van der Waals surface area contributed by atoms with Crippen molar-refractivity contribution in [1.82, 2.24) is 15.2 Å². The third-order valence-electron chi connectivity index (χ3n) is 6.69. The number of rotatable bonds is 6. The summed E-state index contributed by atoms with van der Waals surface area (Å²) in [6.07, 6.45) is 7.93. The number of para-hydroxylation sites is 1. The summed E-state index contributed by atoms with van der Waals surface area (Å²) in [4.78, 5) is 31.7. The second kappa shape index (κ2) is 9.02. The van der Waals surface area contributed by atoms with Gasteiger partial charge in [0.25, 0.3) is 0 Å². The maximum Gasteiger partial charge on any atom is 0.226 e. The predicted molar refractivity (Wildman–Crippen MR) is 115 cm³/mol. The Hall–Kier alpha value is -2.30. The summed E-state index contributed by atoms with van der Waals surface area (Å²) in [5.74, 6) is -0.0759. The van der Waals surface area contributed by atoms with Crippen molar-refractivity contribution in [1.29, 1.82) is 0 Å². The Morgan fingerprint density at radius 3 is 2.76 bits per heavy atom. The molecule has 2 N–H and O–H groups in total. The molecule has 1 aliphatic heterocycles. The maximum atomic E-state index is 13.4. The Morgan fingerprint density at radius 2 is 1.93 bits per heavy atom. The van der Waals surface area contributed by atoms with Crippen molar-refractivity contribution in [2.75, 3.05) is 13.1 Å². The summed E-state index contributed by atoms with van der Waals surface area (Å²) < 4.78 is 0. The highest BCUT2D eigenvalue weighted by molar-refractivity contribution is 5.89. The van der Waals surface area contributed by atoms with Crippen LogP contribution in [0.5, 0.6) is 0 Å². The predicted octanol–water partition coefficient (Wildman–Crippen LogP) is 4.17. The van der Waals surface area contributed by atoms with E-state index in [-0.39, 0.29) is 23.7 Å². The fourth-order valence-electron chi connectivity index (χ4n) is 5.07. The van der Waals surface area contributed by atoms with Gasteiger partial charge < -0.3 is 15.2 Å². The van der Waals surface area contributed by atoms with Crippen molar-refractivity contribution >= 4 is 22.7 Å². The number of fused-ring (bicyclic) bond motifs is 3. The van der Waals surface area contributed by atoms with Gasteiger partial charge in [0.05, 0.1) is 6.54 Å². The van der Waals surface area contributed by atoms with Gasteiger partial charge in [0.15, 0.2) is 0 Å². The van der Waals surface area contributed by atoms with Crippen molar-refractivity contribution < 1.29 is 9.59 Å². The van der Waals surface area contributed by atoms with E-state index in [1.165, 1.54) is 10.9 Å². The smallest absolute Gasteiger partial charge is 0.226 e. The van der Waals surface area contributed by atoms with Crippen molar-refractivity contribution in [3.8, 4) is 0 Å². The minimum atomic E-state index is -0.166. The SMILES string of the molecule is CCCCCNC(=O)C1CCCCC1C(=O)N1CCc2c([nH]c3ccccc23)C1. The number of nitrogens with one attached hydrogen (secondary N) is 2. The largest absolute Gasteiger partial charge is 0.357 e. The van der Waals surface area contributed by atoms with Crippen LogP contribution in [0.25, 0.3) is 10.9 Å². The van der Waals surface area contributed by atoms with Crippen molar-refractivity contribution in [2.24, 2.45) is 11.8 Å². The van der Waals surface area contributed by atoms with Crippen LogP contribution in [0.4, 0.5) is 0 Å². The standard InChI is InChI=1S/C24H33N3O2/c1-2-3-8-14-25-23(28)19-10-4-5-11-20(19)24(29)27-15-13-18-17-9-6-7-12-21(17)26-22(18)16-27/h6-7,9,12,19-20,26H,2-5,8,10-11,13-16H2,1H3,(H,25,28). The minimum absolute atomic E-state index is 0.0856. The zero-order valence-corrected chi connectivity index (χ0v) is 17.5. The van der Waals surface area contributed by atoms with Gasteiger partial charge in [-0.1, -0.05) is 50.8 Å². The Kier molecular flexibility index (Phi) is 6.22. The number of H-pyrrole nitrogens is 1. The van der Waals surface area contributed by atoms with Crippen LogP contribution in [0.2, 0.25) is 0 Å². The molecule has 0 saturated heterocycles. The number of hydrogen-bond donors (Lipinski definition) is 2. The summed E-state index contributed by atoms with van der Waals surface area (Å²) in [5.41, 5.74) is 3.65. The van der Waals surface area contributed by atoms with Crippen LogP contribution in [-0.2, 0) is 22.6 Å². The van der Waals surface area contributed by atoms with E-state index >= 15 is 0 Å². The van der Waals surface area contributed by atoms with E-state index in [2.05, 4.69) is 35.4 Å². The highest BCUT2D eigenvalue weighted by atomic mass is 16.2. The maximum absolute atomic E-state index is 13.4. The molecule has 2 aliphatic rings. The first kappa shape index (κ1) is 20.0. The van der Waals surface area contributed by atoms with Crippen LogP contribution in [0.1, 0.15) is 63.1 Å². The van der Waals surface area contributed by atoms with E-state index in [1.807, 2.05) is 11.0 Å². The molecule has 1 saturated carbocycles. The average Bonchev–Trinajstić information content (AvgIpc) is 3.14. The quantitative estimate of drug-likeness (QED) is 0.721. The fraction of sp³-hybridized carbons (Fsp3) is 0.583. The fourth-order valence-corrected chi connectivity index (χ4v) is 5.07. The summed E-state index contributed by atoms with van der Waals surface area (Å²) in [6, 6.07) is 8.36. The molecule has 1 aromatic heterocycles. The van der Waals surface area contributed by atoms with E-state index in [1.54, 1.807) is 0 Å². The normalized spacial score (nSPS) is 21.8. The second-order valence-electron chi connectivity index (χ2n) is 8.63. The van der Waals surface area contributed by atoms with Gasteiger partial charge in [-0.25, -0.2) is 0 Å². The number of hydrogen-bond acceptors (Lipinski definition) is 2. The summed E-state index contributed by atoms with van der Waals surface area (Å²) in [5, 5.41) is 4.37. The van der Waals surface area contributed by atoms with Crippen molar-refractivity contribution in [3.05, 3.63) is 35.5 Å². The molecule has 2 heterocycles. The molecule has 5 nitrogen and oxygen atoms in total. The zero-order chi connectivity index (χ0) is 20.2. The number of nitrogens with zero attached hydrogens (tertiary/aromatic N) is 1. The van der Waals surface area contributed by atoms with Gasteiger partial charge in [-0.3, -0.25) is 9.59 Å². The number of carbonyl (C=O) groups excluding carboxylic acids is 2. The molecule has 2 amide bonds. The molecule has 0 spiro atoms. The molecule has 1 aliphatic carbocycles. The topological polar surface area (TPSA) is 65.2 Å². The Labute approximate surface area is 173 Å². The first-order valence-electron chi connectivity index (χ1n) is 11.3. The number of carbonyl (C=O) groups is 2. The van der Waals surface area contributed by atoms with Crippen LogP contribution in [0.15, 0.2) is 24.3 Å². The lowest BCUT2D eigenvalue weighted by molar-refractivity contribution is -0.144. The van der Waals surface area contributed by atoms with Gasteiger partial charge in [-0.05, 0) is 37.3 Å². The molecule has 156 valence electrons. The monoisotopic (exact) mass is 395 g/mol. The summed E-state index contributed by atoms with van der Waals surface area (Å²) in [6.45, 7) is 4.26. The summed E-state index contributed by atoms with van der Waals surface area (Å²) >= 11 is 0. The molecule has 2 atom stereocenters. The Balaban J connectivity index is 1.44. The van der Waals surface area contributed by atoms with Crippen LogP contribution in [-0.4, -0.2) is 34.8 Å². The van der Waals surface area contributed by atoms with E-state index in [0.29, 0.717) is 6.54 Å². The van der Waals surface area contributed by atoms with E-state index < -0.39 is 0 Å². The lowest BCUT2D eigenvalue weighted by atomic mass is 9.77. The van der Waals surface area contributed by atoms with E-state index in [0.717, 1.165) is 75.7 Å². The molecular weight excluding hydrogens is 362 g/mol. The molecular formula is C24H33N3O2. The van der Waals surface area contributed by atoms with Gasteiger partial charge in [0.1, 0.15) is 0 Å². The second-order valence-corrected chi connectivity index (χ2v) is 8.63. The van der Waals surface area contributed by atoms with Gasteiger partial charge >= 0.3 is 0 Å². The highest BCUT2D eigenvalue weighted by Gasteiger charge is 2.38. The van der Waals surface area contributed by atoms with Crippen molar-refractivity contribution in [2.45, 2.75) is 64.8 Å². The van der Waals surface area contributed by atoms with Gasteiger partial charge in [-0.2, -0.15) is 0 Å². The van der Waals surface area contributed by atoms with E-state index in [9.17, 15) is 9.59 Å². The third kappa shape index (κ3) is 4.19. The third-order valence-corrected chi connectivity index (χ3v) is 6.69. The molecule has 29 heavy (non-hydrogen) atoms. The number of unbranched alkanes of at least 4 members (excludes halogenated alkanes) is 2. The molecule has 1 fully saturated rings. The lowest BCUT2D eigenvalue weighted by Crippen LogP contribution is -2.46. The number of aromatic nitrogens is 1. The Morgan fingerprint density at radius 1 is 1.14 bits per heavy atom. The van der Waals surface area contributed by atoms with Gasteiger partial charge in [0, 0.05) is 41.5 Å². The van der Waals surface area contributed by atoms with Crippen LogP contribution >= 0.6 is 0 Å². The first-order chi connectivity index (χ1) is 14.2. The first-order valence-corrected chi connectivity index (χ1v) is 11.3. The molecule has 5 heteroatoms. The van der Waals surface area contributed by atoms with E-state index in [4.69, 9.17) is 0 Å². The molecule has 0 radical (unpaired) electrons. The lowest BCUT2D eigenvalue weighted by Gasteiger charge is -2.35.